The molecule has 0 bridgehead atoms. The number of Topliss-reactive ketones (excluding diaryl/α,β-unsaturated/α-hetero) is 1. The van der Waals surface area contributed by atoms with Crippen LogP contribution in [0.1, 0.15) is 21.5 Å². The van der Waals surface area contributed by atoms with Crippen LogP contribution in [0.4, 0.5) is 0 Å². The third-order valence-corrected chi connectivity index (χ3v) is 4.47. The predicted octanol–water partition coefficient (Wildman–Crippen LogP) is 2.96. The van der Waals surface area contributed by atoms with Gasteiger partial charge in [-0.15, -0.1) is 11.3 Å². The number of nitrogens with zero attached hydrogens (tertiary/aromatic N) is 2. The number of rotatable bonds is 3. The van der Waals surface area contributed by atoms with Gasteiger partial charge in [0.25, 0.3) is 5.56 Å². The number of aromatic nitrogens is 2. The molecular weight excluding hydrogens is 284 g/mol. The number of ketones is 1. The van der Waals surface area contributed by atoms with Crippen molar-refractivity contribution in [2.45, 2.75) is 20.4 Å². The van der Waals surface area contributed by atoms with Crippen molar-refractivity contribution >= 4 is 27.3 Å². The van der Waals surface area contributed by atoms with Crippen LogP contribution in [0.3, 0.4) is 0 Å². The highest BCUT2D eigenvalue weighted by Crippen LogP contribution is 2.14. The molecular formula is C16H14N2O2S. The minimum Gasteiger partial charge on any atom is -0.292 e. The van der Waals surface area contributed by atoms with E-state index in [1.54, 1.807) is 12.1 Å². The van der Waals surface area contributed by atoms with Crippen molar-refractivity contribution in [1.82, 2.24) is 9.55 Å². The normalized spacial score (nSPS) is 11.0. The van der Waals surface area contributed by atoms with Gasteiger partial charge in [-0.05, 0) is 42.5 Å². The number of thiophene rings is 1. The van der Waals surface area contributed by atoms with E-state index in [-0.39, 0.29) is 17.9 Å². The molecule has 1 aromatic carbocycles. The molecule has 3 aromatic rings. The Labute approximate surface area is 125 Å². The molecule has 0 aliphatic rings. The second-order valence-corrected chi connectivity index (χ2v) is 5.95. The first kappa shape index (κ1) is 13.7. The molecule has 2 heterocycles. The van der Waals surface area contributed by atoms with E-state index in [1.807, 2.05) is 31.4 Å². The molecule has 0 saturated carbocycles. The summed E-state index contributed by atoms with van der Waals surface area (Å²) in [7, 11) is 0. The van der Waals surface area contributed by atoms with Crippen LogP contribution in [0.15, 0.2) is 40.8 Å². The highest BCUT2D eigenvalue weighted by molar-refractivity contribution is 7.17. The number of aryl methyl sites for hydroxylation is 2. The third kappa shape index (κ3) is 2.52. The molecule has 106 valence electrons. The van der Waals surface area contributed by atoms with E-state index in [4.69, 9.17) is 0 Å². The van der Waals surface area contributed by atoms with E-state index >= 15 is 0 Å². The zero-order chi connectivity index (χ0) is 15.0. The van der Waals surface area contributed by atoms with Crippen LogP contribution in [-0.4, -0.2) is 15.3 Å². The van der Waals surface area contributed by atoms with Gasteiger partial charge in [0.05, 0.1) is 18.4 Å². The van der Waals surface area contributed by atoms with Gasteiger partial charge in [0.2, 0.25) is 0 Å². The third-order valence-electron chi connectivity index (χ3n) is 3.58. The highest BCUT2D eigenvalue weighted by atomic mass is 32.1. The summed E-state index contributed by atoms with van der Waals surface area (Å²) in [6.45, 7) is 3.99. The monoisotopic (exact) mass is 298 g/mol. The fourth-order valence-electron chi connectivity index (χ4n) is 2.15. The molecule has 3 rings (SSSR count). The lowest BCUT2D eigenvalue weighted by Crippen LogP contribution is -2.24. The highest BCUT2D eigenvalue weighted by Gasteiger charge is 2.11. The van der Waals surface area contributed by atoms with Gasteiger partial charge in [0.15, 0.2) is 5.78 Å². The Morgan fingerprint density at radius 2 is 2.05 bits per heavy atom. The molecule has 0 fully saturated rings. The van der Waals surface area contributed by atoms with E-state index in [2.05, 4.69) is 4.98 Å². The van der Waals surface area contributed by atoms with Gasteiger partial charge in [-0.2, -0.15) is 0 Å². The molecule has 0 amide bonds. The molecule has 0 aliphatic heterocycles. The molecule has 0 saturated heterocycles. The van der Waals surface area contributed by atoms with E-state index in [9.17, 15) is 9.59 Å². The molecule has 0 atom stereocenters. The van der Waals surface area contributed by atoms with Gasteiger partial charge < -0.3 is 0 Å². The standard InChI is InChI=1S/C16H14N2O2S/c1-10-3-4-12(7-11(10)2)14(19)8-18-9-17-13-5-6-21-15(13)16(18)20/h3-7,9H,8H2,1-2H3. The number of carbonyl (C=O) groups excluding carboxylic acids is 1. The summed E-state index contributed by atoms with van der Waals surface area (Å²) in [6, 6.07) is 7.38. The van der Waals surface area contributed by atoms with Crippen molar-refractivity contribution in [3.8, 4) is 0 Å². The zero-order valence-corrected chi connectivity index (χ0v) is 12.6. The topological polar surface area (TPSA) is 52.0 Å². The average Bonchev–Trinajstić information content (AvgIpc) is 2.94. The molecule has 4 nitrogen and oxygen atoms in total. The fourth-order valence-corrected chi connectivity index (χ4v) is 2.95. The summed E-state index contributed by atoms with van der Waals surface area (Å²) >= 11 is 1.35. The van der Waals surface area contributed by atoms with Crippen LogP contribution in [-0.2, 0) is 6.54 Å². The Morgan fingerprint density at radius 1 is 1.24 bits per heavy atom. The smallest absolute Gasteiger partial charge is 0.271 e. The largest absolute Gasteiger partial charge is 0.292 e. The quantitative estimate of drug-likeness (QED) is 0.699. The first-order chi connectivity index (χ1) is 10.1. The molecule has 2 aromatic heterocycles. The van der Waals surface area contributed by atoms with Gasteiger partial charge in [-0.25, -0.2) is 4.98 Å². The first-order valence-corrected chi connectivity index (χ1v) is 7.47. The number of benzene rings is 1. The van der Waals surface area contributed by atoms with Crippen molar-refractivity contribution in [2.24, 2.45) is 0 Å². The second-order valence-electron chi connectivity index (χ2n) is 5.03. The number of fused-ring (bicyclic) bond motifs is 1. The van der Waals surface area contributed by atoms with Crippen LogP contribution >= 0.6 is 11.3 Å². The molecule has 0 aliphatic carbocycles. The van der Waals surface area contributed by atoms with Crippen molar-refractivity contribution in [3.05, 3.63) is 63.0 Å². The summed E-state index contributed by atoms with van der Waals surface area (Å²) in [6.07, 6.45) is 1.44. The zero-order valence-electron chi connectivity index (χ0n) is 11.8. The first-order valence-electron chi connectivity index (χ1n) is 6.59. The van der Waals surface area contributed by atoms with Gasteiger partial charge in [0.1, 0.15) is 4.70 Å². The average molecular weight is 298 g/mol. The van der Waals surface area contributed by atoms with Gasteiger partial charge in [-0.1, -0.05) is 12.1 Å². The summed E-state index contributed by atoms with van der Waals surface area (Å²) in [5, 5.41) is 1.83. The van der Waals surface area contributed by atoms with Crippen molar-refractivity contribution in [2.75, 3.05) is 0 Å². The van der Waals surface area contributed by atoms with E-state index < -0.39 is 0 Å². The summed E-state index contributed by atoms with van der Waals surface area (Å²) in [5.74, 6) is -0.0853. The van der Waals surface area contributed by atoms with E-state index in [0.717, 1.165) is 11.1 Å². The predicted molar refractivity (Wildman–Crippen MR) is 84.1 cm³/mol. The second kappa shape index (κ2) is 5.26. The SMILES string of the molecule is Cc1ccc(C(=O)Cn2cnc3ccsc3c2=O)cc1C. The maximum atomic E-state index is 12.3. The van der Waals surface area contributed by atoms with Crippen LogP contribution < -0.4 is 5.56 Å². The van der Waals surface area contributed by atoms with Gasteiger partial charge in [0, 0.05) is 5.56 Å². The molecule has 0 radical (unpaired) electrons. The Balaban J connectivity index is 1.94. The molecule has 21 heavy (non-hydrogen) atoms. The maximum Gasteiger partial charge on any atom is 0.271 e. The van der Waals surface area contributed by atoms with E-state index in [0.29, 0.717) is 15.8 Å². The summed E-state index contributed by atoms with van der Waals surface area (Å²) < 4.78 is 1.96. The minimum absolute atomic E-state index is 0.0160. The number of carbonyl (C=O) groups is 1. The van der Waals surface area contributed by atoms with Crippen LogP contribution in [0, 0.1) is 13.8 Å². The molecule has 0 unspecified atom stereocenters. The lowest BCUT2D eigenvalue weighted by Gasteiger charge is -2.06. The number of hydrogen-bond acceptors (Lipinski definition) is 4. The maximum absolute atomic E-state index is 12.3. The van der Waals surface area contributed by atoms with Crippen molar-refractivity contribution in [3.63, 3.8) is 0 Å². The molecule has 5 heteroatoms. The Morgan fingerprint density at radius 3 is 2.81 bits per heavy atom. The lowest BCUT2D eigenvalue weighted by atomic mass is 10.0. The molecule has 0 N–H and O–H groups in total. The molecule has 0 spiro atoms. The Hall–Kier alpha value is -2.27. The fraction of sp³-hybridized carbons (Fsp3) is 0.188. The van der Waals surface area contributed by atoms with Crippen LogP contribution in [0.2, 0.25) is 0 Å². The van der Waals surface area contributed by atoms with Crippen LogP contribution in [0.25, 0.3) is 10.2 Å². The minimum atomic E-state index is -0.160. The number of hydrogen-bond donors (Lipinski definition) is 0. The van der Waals surface area contributed by atoms with Crippen LogP contribution in [0.5, 0.6) is 0 Å². The van der Waals surface area contributed by atoms with Gasteiger partial charge in [-0.3, -0.25) is 14.2 Å². The van der Waals surface area contributed by atoms with Gasteiger partial charge >= 0.3 is 0 Å². The van der Waals surface area contributed by atoms with Crippen molar-refractivity contribution < 1.29 is 4.79 Å². The summed E-state index contributed by atoms with van der Waals surface area (Å²) in [4.78, 5) is 28.8. The Bertz CT molecular complexity index is 893. The summed E-state index contributed by atoms with van der Waals surface area (Å²) in [5.41, 5.74) is 3.36. The Kier molecular flexibility index (Phi) is 3.43. The lowest BCUT2D eigenvalue weighted by molar-refractivity contribution is 0.0970. The van der Waals surface area contributed by atoms with Crippen molar-refractivity contribution in [1.29, 1.82) is 0 Å². The van der Waals surface area contributed by atoms with E-state index in [1.165, 1.54) is 22.2 Å².